The second kappa shape index (κ2) is 6.07. The van der Waals surface area contributed by atoms with Crippen LogP contribution in [0.2, 0.25) is 5.02 Å². The minimum Gasteiger partial charge on any atom is -0.508 e. The van der Waals surface area contributed by atoms with Crippen LogP contribution >= 0.6 is 11.6 Å². The van der Waals surface area contributed by atoms with Crippen molar-refractivity contribution in [1.82, 2.24) is 0 Å². The lowest BCUT2D eigenvalue weighted by molar-refractivity contribution is 0.475. The van der Waals surface area contributed by atoms with Gasteiger partial charge in [-0.1, -0.05) is 35.9 Å². The van der Waals surface area contributed by atoms with E-state index >= 15 is 0 Å². The summed E-state index contributed by atoms with van der Waals surface area (Å²) >= 11 is 5.79. The summed E-state index contributed by atoms with van der Waals surface area (Å²) in [7, 11) is -3.56. The van der Waals surface area contributed by atoms with Gasteiger partial charge in [0.1, 0.15) is 5.75 Å². The van der Waals surface area contributed by atoms with Crippen molar-refractivity contribution < 1.29 is 13.5 Å². The maximum atomic E-state index is 12.6. The first-order chi connectivity index (χ1) is 11.0. The third-order valence-electron chi connectivity index (χ3n) is 3.49. The molecule has 0 heterocycles. The van der Waals surface area contributed by atoms with Crippen molar-refractivity contribution in [3.05, 3.63) is 77.8 Å². The molecular formula is C18H13ClO3S. The second-order valence-corrected chi connectivity index (χ2v) is 7.41. The maximum absolute atomic E-state index is 12.6. The summed E-state index contributed by atoms with van der Waals surface area (Å²) in [6, 6.07) is 19.5. The summed E-state index contributed by atoms with van der Waals surface area (Å²) in [5.41, 5.74) is 1.78. The van der Waals surface area contributed by atoms with E-state index in [1.54, 1.807) is 60.7 Å². The first-order valence-corrected chi connectivity index (χ1v) is 8.73. The number of hydrogen-bond donors (Lipinski definition) is 1. The minimum absolute atomic E-state index is 0.190. The molecule has 0 saturated carbocycles. The highest BCUT2D eigenvalue weighted by molar-refractivity contribution is 7.91. The van der Waals surface area contributed by atoms with Crippen molar-refractivity contribution in [2.75, 3.05) is 0 Å². The lowest BCUT2D eigenvalue weighted by Crippen LogP contribution is -2.01. The van der Waals surface area contributed by atoms with Crippen LogP contribution in [0, 0.1) is 0 Å². The molecule has 0 amide bonds. The molecule has 3 aromatic rings. The van der Waals surface area contributed by atoms with E-state index in [9.17, 15) is 13.5 Å². The van der Waals surface area contributed by atoms with Gasteiger partial charge in [0.05, 0.1) is 9.79 Å². The van der Waals surface area contributed by atoms with Crippen LogP contribution in [0.25, 0.3) is 11.1 Å². The van der Waals surface area contributed by atoms with Crippen LogP contribution in [0.1, 0.15) is 0 Å². The Bertz CT molecular complexity index is 914. The Morgan fingerprint density at radius 3 is 1.52 bits per heavy atom. The largest absolute Gasteiger partial charge is 0.508 e. The minimum atomic E-state index is -3.56. The fraction of sp³-hybridized carbons (Fsp3) is 0. The van der Waals surface area contributed by atoms with Crippen LogP contribution in [0.3, 0.4) is 0 Å². The molecule has 0 spiro atoms. The number of rotatable bonds is 3. The van der Waals surface area contributed by atoms with Crippen molar-refractivity contribution in [2.45, 2.75) is 9.79 Å². The molecule has 116 valence electrons. The van der Waals surface area contributed by atoms with Crippen LogP contribution in [0.4, 0.5) is 0 Å². The van der Waals surface area contributed by atoms with E-state index < -0.39 is 9.84 Å². The molecule has 0 aliphatic carbocycles. The van der Waals surface area contributed by atoms with Crippen LogP contribution in [-0.4, -0.2) is 13.5 Å². The van der Waals surface area contributed by atoms with Crippen LogP contribution in [-0.2, 0) is 9.84 Å². The molecule has 3 rings (SSSR count). The average molecular weight is 345 g/mol. The van der Waals surface area contributed by atoms with Gasteiger partial charge in [-0.2, -0.15) is 0 Å². The van der Waals surface area contributed by atoms with Crippen LogP contribution < -0.4 is 0 Å². The molecule has 0 radical (unpaired) electrons. The predicted molar refractivity (Wildman–Crippen MR) is 90.4 cm³/mol. The fourth-order valence-corrected chi connectivity index (χ4v) is 3.62. The van der Waals surface area contributed by atoms with E-state index in [2.05, 4.69) is 0 Å². The highest BCUT2D eigenvalue weighted by Crippen LogP contribution is 2.26. The summed E-state index contributed by atoms with van der Waals surface area (Å²) in [5.74, 6) is 0.190. The van der Waals surface area contributed by atoms with Crippen molar-refractivity contribution in [3.63, 3.8) is 0 Å². The van der Waals surface area contributed by atoms with Crippen molar-refractivity contribution in [1.29, 1.82) is 0 Å². The number of benzene rings is 3. The van der Waals surface area contributed by atoms with Crippen molar-refractivity contribution >= 4 is 21.4 Å². The zero-order valence-electron chi connectivity index (χ0n) is 12.0. The van der Waals surface area contributed by atoms with E-state index in [1.807, 2.05) is 0 Å². The smallest absolute Gasteiger partial charge is 0.206 e. The zero-order valence-corrected chi connectivity index (χ0v) is 13.6. The Hall–Kier alpha value is -2.30. The Morgan fingerprint density at radius 2 is 1.04 bits per heavy atom. The number of phenolic OH excluding ortho intramolecular Hbond substituents is 1. The highest BCUT2D eigenvalue weighted by Gasteiger charge is 2.17. The molecule has 0 aliphatic heterocycles. The fourth-order valence-electron chi connectivity index (χ4n) is 2.23. The molecule has 3 aromatic carbocycles. The molecule has 5 heteroatoms. The zero-order chi connectivity index (χ0) is 16.4. The topological polar surface area (TPSA) is 54.4 Å². The summed E-state index contributed by atoms with van der Waals surface area (Å²) in [6.45, 7) is 0. The van der Waals surface area contributed by atoms with Gasteiger partial charge in [-0.15, -0.1) is 0 Å². The normalized spacial score (nSPS) is 11.3. The summed E-state index contributed by atoms with van der Waals surface area (Å²) < 4.78 is 25.1. The number of aromatic hydroxyl groups is 1. The lowest BCUT2D eigenvalue weighted by atomic mass is 10.1. The first-order valence-electron chi connectivity index (χ1n) is 6.87. The molecule has 23 heavy (non-hydrogen) atoms. The second-order valence-electron chi connectivity index (χ2n) is 5.03. The molecule has 0 saturated heterocycles. The highest BCUT2D eigenvalue weighted by atomic mass is 35.5. The molecule has 0 fully saturated rings. The van der Waals surface area contributed by atoms with Gasteiger partial charge in [0.25, 0.3) is 0 Å². The molecule has 0 unspecified atom stereocenters. The van der Waals surface area contributed by atoms with Crippen LogP contribution in [0.15, 0.2) is 82.6 Å². The Labute approximate surface area is 139 Å². The van der Waals surface area contributed by atoms with E-state index in [1.165, 1.54) is 12.1 Å². The van der Waals surface area contributed by atoms with Gasteiger partial charge >= 0.3 is 0 Å². The maximum Gasteiger partial charge on any atom is 0.206 e. The quantitative estimate of drug-likeness (QED) is 0.758. The monoisotopic (exact) mass is 344 g/mol. The third-order valence-corrected chi connectivity index (χ3v) is 5.53. The molecular weight excluding hydrogens is 332 g/mol. The molecule has 0 aliphatic rings. The number of hydrogen-bond acceptors (Lipinski definition) is 3. The van der Waals surface area contributed by atoms with Crippen molar-refractivity contribution in [2.24, 2.45) is 0 Å². The van der Waals surface area contributed by atoms with Gasteiger partial charge in [-0.3, -0.25) is 0 Å². The van der Waals surface area contributed by atoms with Crippen LogP contribution in [0.5, 0.6) is 5.75 Å². The Morgan fingerprint density at radius 1 is 0.652 bits per heavy atom. The molecule has 1 N–H and O–H groups in total. The number of phenols is 1. The summed E-state index contributed by atoms with van der Waals surface area (Å²) in [6.07, 6.45) is 0. The number of sulfone groups is 1. The summed E-state index contributed by atoms with van der Waals surface area (Å²) in [4.78, 5) is 0.432. The average Bonchev–Trinajstić information content (AvgIpc) is 2.56. The van der Waals surface area contributed by atoms with Gasteiger partial charge in [0.15, 0.2) is 0 Å². The van der Waals surface area contributed by atoms with Crippen molar-refractivity contribution in [3.8, 4) is 16.9 Å². The van der Waals surface area contributed by atoms with Gasteiger partial charge in [-0.25, -0.2) is 8.42 Å². The molecule has 0 atom stereocenters. The molecule has 0 aromatic heterocycles. The Balaban J connectivity index is 1.95. The SMILES string of the molecule is O=S(=O)(c1ccc(Cl)cc1)c1ccc(-c2ccc(O)cc2)cc1. The Kier molecular flexibility index (Phi) is 4.11. The van der Waals surface area contributed by atoms with Gasteiger partial charge in [0, 0.05) is 5.02 Å². The molecule has 3 nitrogen and oxygen atoms in total. The molecule has 0 bridgehead atoms. The lowest BCUT2D eigenvalue weighted by Gasteiger charge is -2.07. The standard InChI is InChI=1S/C18H13ClO3S/c19-15-5-11-18(12-6-15)23(21,22)17-9-3-14(4-10-17)13-1-7-16(20)8-2-13/h1-12,20H. The summed E-state index contributed by atoms with van der Waals surface area (Å²) in [5, 5.41) is 9.80. The number of halogens is 1. The van der Waals surface area contributed by atoms with E-state index in [4.69, 9.17) is 11.6 Å². The third kappa shape index (κ3) is 3.23. The first kappa shape index (κ1) is 15.6. The van der Waals surface area contributed by atoms with Gasteiger partial charge in [0.2, 0.25) is 9.84 Å². The van der Waals surface area contributed by atoms with E-state index in [-0.39, 0.29) is 15.5 Å². The van der Waals surface area contributed by atoms with E-state index in [0.29, 0.717) is 5.02 Å². The van der Waals surface area contributed by atoms with Gasteiger partial charge in [-0.05, 0) is 59.7 Å². The van der Waals surface area contributed by atoms with Gasteiger partial charge < -0.3 is 5.11 Å². The predicted octanol–water partition coefficient (Wildman–Crippen LogP) is 4.55. The van der Waals surface area contributed by atoms with E-state index in [0.717, 1.165) is 11.1 Å².